The number of carbonyl (C=O) groups excluding carboxylic acids is 3. The normalized spacial score (nSPS) is 16.7. The van der Waals surface area contributed by atoms with Crippen molar-refractivity contribution in [3.05, 3.63) is 34.9 Å². The summed E-state index contributed by atoms with van der Waals surface area (Å²) in [4.78, 5) is 41.4. The van der Waals surface area contributed by atoms with E-state index < -0.39 is 29.7 Å². The van der Waals surface area contributed by atoms with Crippen LogP contribution in [0, 0.1) is 32.2 Å². The fourth-order valence-corrected chi connectivity index (χ4v) is 4.59. The van der Waals surface area contributed by atoms with Crippen molar-refractivity contribution in [2.45, 2.75) is 111 Å². The van der Waals surface area contributed by atoms with Crippen LogP contribution in [0.25, 0.3) is 0 Å². The van der Waals surface area contributed by atoms with Crippen molar-refractivity contribution < 1.29 is 19.1 Å². The molecule has 0 bridgehead atoms. The van der Waals surface area contributed by atoms with Gasteiger partial charge < -0.3 is 15.4 Å². The van der Waals surface area contributed by atoms with Crippen LogP contribution in [0.5, 0.6) is 0 Å². The first kappa shape index (κ1) is 29.2. The first-order valence-electron chi connectivity index (χ1n) is 13.0. The van der Waals surface area contributed by atoms with Gasteiger partial charge in [-0.25, -0.2) is 4.79 Å². The summed E-state index contributed by atoms with van der Waals surface area (Å²) >= 11 is 0. The van der Waals surface area contributed by atoms with Crippen LogP contribution in [0.4, 0.5) is 4.79 Å². The molecule has 1 aromatic carbocycles. The quantitative estimate of drug-likeness (QED) is 0.384. The van der Waals surface area contributed by atoms with Gasteiger partial charge in [-0.15, -0.1) is 0 Å². The van der Waals surface area contributed by atoms with Crippen molar-refractivity contribution in [3.63, 3.8) is 0 Å². The number of ether oxygens (including phenoxy) is 1. The number of carbonyl (C=O) groups is 3. The lowest BCUT2D eigenvalue weighted by molar-refractivity contribution is -0.139. The van der Waals surface area contributed by atoms with Gasteiger partial charge in [0.25, 0.3) is 5.91 Å². The molecule has 3 atom stereocenters. The second-order valence-electron chi connectivity index (χ2n) is 11.0. The fourth-order valence-electron chi connectivity index (χ4n) is 4.59. The lowest BCUT2D eigenvalue weighted by Crippen LogP contribution is -2.54. The smallest absolute Gasteiger partial charge is 0.408 e. The van der Waals surface area contributed by atoms with Crippen LogP contribution in [0.15, 0.2) is 18.2 Å². The Morgan fingerprint density at radius 2 is 1.81 bits per heavy atom. The topological polar surface area (TPSA) is 87.7 Å². The van der Waals surface area contributed by atoms with E-state index in [4.69, 9.17) is 11.2 Å². The predicted octanol–water partition coefficient (Wildman–Crippen LogP) is 5.15. The van der Waals surface area contributed by atoms with Crippen LogP contribution in [0.3, 0.4) is 0 Å². The Bertz CT molecular complexity index is 970. The third kappa shape index (κ3) is 8.01. The van der Waals surface area contributed by atoms with Crippen molar-refractivity contribution in [3.8, 4) is 12.5 Å². The van der Waals surface area contributed by atoms with Gasteiger partial charge in [-0.1, -0.05) is 69.7 Å². The number of rotatable bonds is 8. The number of benzene rings is 1. The van der Waals surface area contributed by atoms with Gasteiger partial charge in [0.15, 0.2) is 0 Å². The van der Waals surface area contributed by atoms with E-state index in [9.17, 15) is 14.4 Å². The van der Waals surface area contributed by atoms with Gasteiger partial charge in [-0.2, -0.15) is 0 Å². The number of nitrogens with one attached hydrogen (secondary N) is 2. The van der Waals surface area contributed by atoms with Crippen LogP contribution in [0.1, 0.15) is 95.9 Å². The highest BCUT2D eigenvalue weighted by molar-refractivity contribution is 5.93. The highest BCUT2D eigenvalue weighted by Crippen LogP contribution is 2.28. The zero-order valence-corrected chi connectivity index (χ0v) is 22.9. The van der Waals surface area contributed by atoms with Gasteiger partial charge in [0.2, 0.25) is 5.91 Å². The Morgan fingerprint density at radius 3 is 2.33 bits per heavy atom. The molecule has 3 unspecified atom stereocenters. The first-order chi connectivity index (χ1) is 16.9. The molecule has 36 heavy (non-hydrogen) atoms. The highest BCUT2D eigenvalue weighted by Gasteiger charge is 2.38. The minimum absolute atomic E-state index is 0.0551. The van der Waals surface area contributed by atoms with E-state index in [-0.39, 0.29) is 17.9 Å². The van der Waals surface area contributed by atoms with Crippen molar-refractivity contribution in [2.75, 3.05) is 0 Å². The summed E-state index contributed by atoms with van der Waals surface area (Å²) in [5.74, 6) is -1.05. The zero-order valence-electron chi connectivity index (χ0n) is 22.9. The Balaban J connectivity index is 2.45. The molecule has 0 saturated heterocycles. The fraction of sp³-hybridized carbons (Fsp3) is 0.621. The maximum Gasteiger partial charge on any atom is 0.408 e. The summed E-state index contributed by atoms with van der Waals surface area (Å²) in [6.45, 7) is 12.9. The van der Waals surface area contributed by atoms with E-state index in [1.54, 1.807) is 20.8 Å². The van der Waals surface area contributed by atoms with E-state index in [2.05, 4.69) is 16.7 Å². The second-order valence-corrected chi connectivity index (χ2v) is 11.0. The van der Waals surface area contributed by atoms with Gasteiger partial charge in [0.05, 0.1) is 0 Å². The third-order valence-corrected chi connectivity index (χ3v) is 6.71. The molecule has 2 rings (SSSR count). The molecule has 2 N–H and O–H groups in total. The average Bonchev–Trinajstić information content (AvgIpc) is 2.80. The Labute approximate surface area is 216 Å². The standard InChI is InChI=1S/C29H43N3O4/c1-9-20(4)24(31-28(35)36-29(6,7)8)27(34)32(10-2)25(23-17-16-19(3)18-21(23)5)26(33)30-22-14-12-11-13-15-22/h2,16-18,20,22,24-25H,9,11-15H2,1,3-8H3,(H,30,33)(H,31,35). The van der Waals surface area contributed by atoms with Crippen LogP contribution in [-0.2, 0) is 14.3 Å². The molecule has 1 fully saturated rings. The van der Waals surface area contributed by atoms with E-state index in [0.717, 1.165) is 48.1 Å². The summed E-state index contributed by atoms with van der Waals surface area (Å²) < 4.78 is 5.40. The Morgan fingerprint density at radius 1 is 1.17 bits per heavy atom. The average molecular weight is 498 g/mol. The van der Waals surface area contributed by atoms with Gasteiger partial charge in [-0.3, -0.25) is 14.5 Å². The lowest BCUT2D eigenvalue weighted by Gasteiger charge is -2.34. The van der Waals surface area contributed by atoms with Gasteiger partial charge >= 0.3 is 6.09 Å². The zero-order chi connectivity index (χ0) is 27.0. The number of aryl methyl sites for hydroxylation is 2. The van der Waals surface area contributed by atoms with E-state index in [0.29, 0.717) is 12.0 Å². The number of amides is 3. The minimum Gasteiger partial charge on any atom is -0.444 e. The minimum atomic E-state index is -1.02. The maximum atomic E-state index is 13.9. The Kier molecular flexibility index (Phi) is 10.4. The second kappa shape index (κ2) is 12.8. The molecule has 7 nitrogen and oxygen atoms in total. The number of alkyl carbamates (subject to hydrolysis) is 1. The molecule has 0 aliphatic heterocycles. The molecule has 1 aromatic rings. The summed E-state index contributed by atoms with van der Waals surface area (Å²) in [7, 11) is 0. The van der Waals surface area contributed by atoms with Crippen LogP contribution in [-0.4, -0.2) is 40.5 Å². The molecule has 1 aliphatic rings. The molecular formula is C29H43N3O4. The van der Waals surface area contributed by atoms with Gasteiger partial charge in [-0.05, 0) is 64.5 Å². The van der Waals surface area contributed by atoms with Gasteiger partial charge in [0, 0.05) is 12.1 Å². The number of nitrogens with zero attached hydrogens (tertiary/aromatic N) is 1. The summed E-state index contributed by atoms with van der Waals surface area (Å²) in [6, 6.07) is 6.30. The maximum absolute atomic E-state index is 13.9. The number of terminal acetylenes is 1. The van der Waals surface area contributed by atoms with Gasteiger partial charge in [0.1, 0.15) is 17.7 Å². The first-order valence-corrected chi connectivity index (χ1v) is 13.0. The SMILES string of the molecule is C#CN(C(=O)C(NC(=O)OC(C)(C)C)C(C)CC)C(C(=O)NC1CCCCC1)c1ccc(C)cc1C. The summed E-state index contributed by atoms with van der Waals surface area (Å²) in [5.41, 5.74) is 1.86. The molecule has 0 radical (unpaired) electrons. The molecule has 7 heteroatoms. The summed E-state index contributed by atoms with van der Waals surface area (Å²) in [6.07, 6.45) is 10.9. The monoisotopic (exact) mass is 497 g/mol. The highest BCUT2D eigenvalue weighted by atomic mass is 16.6. The largest absolute Gasteiger partial charge is 0.444 e. The molecular weight excluding hydrogens is 454 g/mol. The van der Waals surface area contributed by atoms with E-state index in [1.165, 1.54) is 0 Å². The van der Waals surface area contributed by atoms with Crippen molar-refractivity contribution >= 4 is 17.9 Å². The van der Waals surface area contributed by atoms with Crippen molar-refractivity contribution in [1.82, 2.24) is 15.5 Å². The van der Waals surface area contributed by atoms with Crippen LogP contribution >= 0.6 is 0 Å². The lowest BCUT2D eigenvalue weighted by atomic mass is 9.92. The summed E-state index contributed by atoms with van der Waals surface area (Å²) in [5, 5.41) is 5.85. The molecule has 1 aliphatic carbocycles. The number of hydrogen-bond acceptors (Lipinski definition) is 4. The Hall–Kier alpha value is -3.01. The molecule has 3 amide bonds. The predicted molar refractivity (Wildman–Crippen MR) is 142 cm³/mol. The number of hydrogen-bond donors (Lipinski definition) is 2. The molecule has 198 valence electrons. The van der Waals surface area contributed by atoms with E-state index in [1.807, 2.05) is 45.9 Å². The molecule has 0 aromatic heterocycles. The van der Waals surface area contributed by atoms with Crippen LogP contribution < -0.4 is 10.6 Å². The third-order valence-electron chi connectivity index (χ3n) is 6.71. The molecule has 1 saturated carbocycles. The van der Waals surface area contributed by atoms with Crippen LogP contribution in [0.2, 0.25) is 0 Å². The molecule has 0 heterocycles. The van der Waals surface area contributed by atoms with Crippen molar-refractivity contribution in [2.24, 2.45) is 5.92 Å². The molecule has 0 spiro atoms. The van der Waals surface area contributed by atoms with Crippen molar-refractivity contribution in [1.29, 1.82) is 0 Å². The van der Waals surface area contributed by atoms with E-state index >= 15 is 0 Å².